The zero-order chi connectivity index (χ0) is 16.3. The number of aromatic nitrogens is 2. The smallest absolute Gasteiger partial charge is 0.340 e. The number of nitrogens with zero attached hydrogens (tertiary/aromatic N) is 2. The van der Waals surface area contributed by atoms with Gasteiger partial charge in [-0.3, -0.25) is 9.48 Å². The highest BCUT2D eigenvalue weighted by Gasteiger charge is 2.20. The summed E-state index contributed by atoms with van der Waals surface area (Å²) in [5.41, 5.74) is 2.68. The molecular formula is C16H19N3O3. The maximum atomic E-state index is 12.5. The quantitative estimate of drug-likeness (QED) is 0.880. The lowest BCUT2D eigenvalue weighted by Crippen LogP contribution is -2.17. The predicted octanol–water partition coefficient (Wildman–Crippen LogP) is 2.47. The van der Waals surface area contributed by atoms with Crippen LogP contribution in [0.25, 0.3) is 0 Å². The maximum absolute atomic E-state index is 12.5. The predicted molar refractivity (Wildman–Crippen MR) is 83.0 cm³/mol. The summed E-state index contributed by atoms with van der Waals surface area (Å²) in [5, 5.41) is 6.99. The molecule has 22 heavy (non-hydrogen) atoms. The molecule has 1 amide bonds. The van der Waals surface area contributed by atoms with Gasteiger partial charge in [-0.1, -0.05) is 12.1 Å². The van der Waals surface area contributed by atoms with E-state index in [1.807, 2.05) is 6.92 Å². The largest absolute Gasteiger partial charge is 0.462 e. The highest BCUT2D eigenvalue weighted by Crippen LogP contribution is 2.19. The molecule has 1 aromatic heterocycles. The Kier molecular flexibility index (Phi) is 4.60. The molecule has 0 aliphatic carbocycles. The Hall–Kier alpha value is -2.63. The summed E-state index contributed by atoms with van der Waals surface area (Å²) in [4.78, 5) is 24.4. The molecule has 2 aromatic rings. The second kappa shape index (κ2) is 6.43. The Morgan fingerprint density at radius 2 is 1.95 bits per heavy atom. The second-order valence-electron chi connectivity index (χ2n) is 4.89. The number of esters is 1. The fourth-order valence-electron chi connectivity index (χ4n) is 2.27. The third kappa shape index (κ3) is 3.00. The van der Waals surface area contributed by atoms with E-state index in [9.17, 15) is 9.59 Å². The summed E-state index contributed by atoms with van der Waals surface area (Å²) in [5.74, 6) is -0.752. The van der Waals surface area contributed by atoms with Gasteiger partial charge in [0.25, 0.3) is 5.91 Å². The molecule has 116 valence electrons. The van der Waals surface area contributed by atoms with Gasteiger partial charge < -0.3 is 10.1 Å². The van der Waals surface area contributed by atoms with E-state index < -0.39 is 5.97 Å². The minimum absolute atomic E-state index is 0.280. The van der Waals surface area contributed by atoms with Crippen molar-refractivity contribution in [3.8, 4) is 0 Å². The van der Waals surface area contributed by atoms with Crippen molar-refractivity contribution in [2.75, 3.05) is 11.9 Å². The molecule has 1 aromatic carbocycles. The zero-order valence-corrected chi connectivity index (χ0v) is 13.1. The number of carbonyl (C=O) groups is 2. The first-order chi connectivity index (χ1) is 10.5. The Morgan fingerprint density at radius 3 is 2.55 bits per heavy atom. The van der Waals surface area contributed by atoms with E-state index in [1.54, 1.807) is 49.8 Å². The summed E-state index contributed by atoms with van der Waals surface area (Å²) in [6.07, 6.45) is 0. The Balaban J connectivity index is 2.31. The standard InChI is InChI=1S/C16H19N3O3/c1-5-22-16(21)12-8-6-7-9-13(12)17-15(20)14-10(2)18-19(4)11(14)3/h6-9H,5H2,1-4H3,(H,17,20). The third-order valence-electron chi connectivity index (χ3n) is 3.41. The van der Waals surface area contributed by atoms with Crippen molar-refractivity contribution in [2.24, 2.45) is 7.05 Å². The van der Waals surface area contributed by atoms with E-state index in [0.717, 1.165) is 5.69 Å². The second-order valence-corrected chi connectivity index (χ2v) is 4.89. The highest BCUT2D eigenvalue weighted by atomic mass is 16.5. The summed E-state index contributed by atoms with van der Waals surface area (Å²) < 4.78 is 6.66. The Morgan fingerprint density at radius 1 is 1.27 bits per heavy atom. The zero-order valence-electron chi connectivity index (χ0n) is 13.1. The number of hydrogen-bond donors (Lipinski definition) is 1. The number of ether oxygens (including phenoxy) is 1. The first kappa shape index (κ1) is 15.8. The minimum atomic E-state index is -0.460. The van der Waals surface area contributed by atoms with Gasteiger partial charge in [0.15, 0.2) is 0 Å². The van der Waals surface area contributed by atoms with Crippen molar-refractivity contribution in [3.05, 3.63) is 46.8 Å². The highest BCUT2D eigenvalue weighted by molar-refractivity contribution is 6.09. The summed E-state index contributed by atoms with van der Waals surface area (Å²) in [6, 6.07) is 6.77. The molecule has 1 heterocycles. The van der Waals surface area contributed by atoms with Crippen molar-refractivity contribution in [3.63, 3.8) is 0 Å². The average molecular weight is 301 g/mol. The van der Waals surface area contributed by atoms with Crippen molar-refractivity contribution >= 4 is 17.6 Å². The van der Waals surface area contributed by atoms with Gasteiger partial charge in [-0.05, 0) is 32.9 Å². The number of nitrogens with one attached hydrogen (secondary N) is 1. The van der Waals surface area contributed by atoms with E-state index in [2.05, 4.69) is 10.4 Å². The van der Waals surface area contributed by atoms with Crippen LogP contribution in [0.3, 0.4) is 0 Å². The Bertz CT molecular complexity index is 719. The van der Waals surface area contributed by atoms with Gasteiger partial charge in [0.2, 0.25) is 0 Å². The number of amides is 1. The van der Waals surface area contributed by atoms with Crippen molar-refractivity contribution in [1.29, 1.82) is 0 Å². The van der Waals surface area contributed by atoms with Crippen LogP contribution in [0.2, 0.25) is 0 Å². The van der Waals surface area contributed by atoms with Crippen LogP contribution in [0, 0.1) is 13.8 Å². The van der Waals surface area contributed by atoms with Gasteiger partial charge >= 0.3 is 5.97 Å². The van der Waals surface area contributed by atoms with Gasteiger partial charge in [0.05, 0.1) is 29.1 Å². The Labute approximate surface area is 129 Å². The molecule has 0 bridgehead atoms. The van der Waals surface area contributed by atoms with Crippen LogP contribution in [0.4, 0.5) is 5.69 Å². The number of para-hydroxylation sites is 1. The summed E-state index contributed by atoms with van der Waals surface area (Å²) >= 11 is 0. The molecule has 0 radical (unpaired) electrons. The molecule has 0 unspecified atom stereocenters. The fraction of sp³-hybridized carbons (Fsp3) is 0.312. The van der Waals surface area contributed by atoms with Crippen LogP contribution in [-0.4, -0.2) is 28.3 Å². The molecule has 0 saturated carbocycles. The number of anilines is 1. The van der Waals surface area contributed by atoms with Gasteiger partial charge in [0, 0.05) is 12.7 Å². The van der Waals surface area contributed by atoms with Crippen LogP contribution in [0.1, 0.15) is 39.0 Å². The van der Waals surface area contributed by atoms with Gasteiger partial charge in [-0.15, -0.1) is 0 Å². The van der Waals surface area contributed by atoms with Crippen molar-refractivity contribution in [1.82, 2.24) is 9.78 Å². The first-order valence-corrected chi connectivity index (χ1v) is 7.03. The lowest BCUT2D eigenvalue weighted by Gasteiger charge is -2.10. The van der Waals surface area contributed by atoms with Gasteiger partial charge in [0.1, 0.15) is 0 Å². The van der Waals surface area contributed by atoms with Gasteiger partial charge in [-0.2, -0.15) is 5.10 Å². The molecule has 2 rings (SSSR count). The SMILES string of the molecule is CCOC(=O)c1ccccc1NC(=O)c1c(C)nn(C)c1C. The van der Waals surface area contributed by atoms with Crippen LogP contribution >= 0.6 is 0 Å². The summed E-state index contributed by atoms with van der Waals surface area (Å²) in [6.45, 7) is 5.62. The third-order valence-corrected chi connectivity index (χ3v) is 3.41. The number of carbonyl (C=O) groups excluding carboxylic acids is 2. The van der Waals surface area contributed by atoms with Crippen molar-refractivity contribution in [2.45, 2.75) is 20.8 Å². The van der Waals surface area contributed by atoms with E-state index in [1.165, 1.54) is 0 Å². The molecule has 0 aliphatic rings. The molecule has 0 aliphatic heterocycles. The molecule has 0 fully saturated rings. The van der Waals surface area contributed by atoms with Gasteiger partial charge in [-0.25, -0.2) is 4.79 Å². The van der Waals surface area contributed by atoms with Crippen LogP contribution in [0.15, 0.2) is 24.3 Å². The summed E-state index contributed by atoms with van der Waals surface area (Å²) in [7, 11) is 1.78. The van der Waals surface area contributed by atoms with E-state index in [-0.39, 0.29) is 12.5 Å². The van der Waals surface area contributed by atoms with E-state index >= 15 is 0 Å². The van der Waals surface area contributed by atoms with E-state index in [0.29, 0.717) is 22.5 Å². The molecule has 1 N–H and O–H groups in total. The number of benzene rings is 1. The molecular weight excluding hydrogens is 282 g/mol. The minimum Gasteiger partial charge on any atom is -0.462 e. The maximum Gasteiger partial charge on any atom is 0.340 e. The molecule has 0 saturated heterocycles. The fourth-order valence-corrected chi connectivity index (χ4v) is 2.27. The topological polar surface area (TPSA) is 73.2 Å². The average Bonchev–Trinajstić information content (AvgIpc) is 2.73. The lowest BCUT2D eigenvalue weighted by atomic mass is 10.1. The molecule has 6 nitrogen and oxygen atoms in total. The van der Waals surface area contributed by atoms with E-state index in [4.69, 9.17) is 4.74 Å². The first-order valence-electron chi connectivity index (χ1n) is 7.03. The number of rotatable bonds is 4. The number of aryl methyl sites for hydroxylation is 2. The molecule has 6 heteroatoms. The monoisotopic (exact) mass is 301 g/mol. The normalized spacial score (nSPS) is 10.4. The molecule has 0 atom stereocenters. The van der Waals surface area contributed by atoms with Crippen LogP contribution in [-0.2, 0) is 11.8 Å². The number of hydrogen-bond acceptors (Lipinski definition) is 4. The lowest BCUT2D eigenvalue weighted by molar-refractivity contribution is 0.0527. The van der Waals surface area contributed by atoms with Crippen LogP contribution in [0.5, 0.6) is 0 Å². The van der Waals surface area contributed by atoms with Crippen molar-refractivity contribution < 1.29 is 14.3 Å². The van der Waals surface area contributed by atoms with Crippen LogP contribution < -0.4 is 5.32 Å². The molecule has 0 spiro atoms.